The highest BCUT2D eigenvalue weighted by molar-refractivity contribution is 6.30. The van der Waals surface area contributed by atoms with Crippen LogP contribution in [0.2, 0.25) is 5.02 Å². The Morgan fingerprint density at radius 3 is 2.56 bits per heavy atom. The van der Waals surface area contributed by atoms with Crippen molar-refractivity contribution in [2.45, 2.75) is 32.4 Å². The predicted octanol–water partition coefficient (Wildman–Crippen LogP) is 3.10. The second-order valence-electron chi connectivity index (χ2n) is 4.96. The molecule has 0 saturated carbocycles. The first-order valence-electron chi connectivity index (χ1n) is 5.48. The van der Waals surface area contributed by atoms with Gasteiger partial charge in [0, 0.05) is 17.6 Å². The summed E-state index contributed by atoms with van der Waals surface area (Å²) in [7, 11) is 2.00. The molecule has 90 valence electrons. The van der Waals surface area contributed by atoms with Crippen LogP contribution in [0.3, 0.4) is 0 Å². The van der Waals surface area contributed by atoms with E-state index in [1.165, 1.54) is 5.56 Å². The van der Waals surface area contributed by atoms with Gasteiger partial charge < -0.3 is 5.11 Å². The molecule has 0 bridgehead atoms. The molecule has 0 radical (unpaired) electrons. The first-order valence-corrected chi connectivity index (χ1v) is 5.85. The number of hydrogen-bond acceptors (Lipinski definition) is 2. The molecule has 0 saturated heterocycles. The number of halogens is 1. The van der Waals surface area contributed by atoms with Crippen LogP contribution in [-0.2, 0) is 0 Å². The molecule has 1 atom stereocenters. The summed E-state index contributed by atoms with van der Waals surface area (Å²) in [5, 5.41) is 10.5. The quantitative estimate of drug-likeness (QED) is 0.876. The fourth-order valence-corrected chi connectivity index (χ4v) is 1.97. The normalized spacial score (nSPS) is 14.2. The van der Waals surface area contributed by atoms with Crippen molar-refractivity contribution >= 4 is 11.6 Å². The maximum absolute atomic E-state index is 9.77. The zero-order chi connectivity index (χ0) is 12.3. The number of benzene rings is 1. The zero-order valence-corrected chi connectivity index (χ0v) is 11.1. The first-order chi connectivity index (χ1) is 7.29. The molecule has 0 fully saturated rings. The summed E-state index contributed by atoms with van der Waals surface area (Å²) >= 11 is 5.96. The van der Waals surface area contributed by atoms with Crippen molar-refractivity contribution in [3.63, 3.8) is 0 Å². The largest absolute Gasteiger partial charge is 0.389 e. The van der Waals surface area contributed by atoms with Crippen LogP contribution < -0.4 is 0 Å². The average Bonchev–Trinajstić information content (AvgIpc) is 2.14. The molecule has 0 aliphatic rings. The van der Waals surface area contributed by atoms with Gasteiger partial charge in [0.15, 0.2) is 0 Å². The second-order valence-corrected chi connectivity index (χ2v) is 5.39. The van der Waals surface area contributed by atoms with E-state index in [4.69, 9.17) is 11.6 Å². The van der Waals surface area contributed by atoms with Crippen molar-refractivity contribution in [3.8, 4) is 0 Å². The summed E-state index contributed by atoms with van der Waals surface area (Å²) in [6.07, 6.45) is 0. The zero-order valence-electron chi connectivity index (χ0n) is 10.4. The Hall–Kier alpha value is -0.570. The lowest BCUT2D eigenvalue weighted by molar-refractivity contribution is 0.0334. The lowest BCUT2D eigenvalue weighted by Gasteiger charge is -2.30. The summed E-state index contributed by atoms with van der Waals surface area (Å²) in [5.41, 5.74) is 0.487. The summed E-state index contributed by atoms with van der Waals surface area (Å²) in [6.45, 7) is 6.36. The number of likely N-dealkylation sites (N-methyl/N-ethyl adjacent to an activating group) is 1. The van der Waals surface area contributed by atoms with Gasteiger partial charge in [-0.2, -0.15) is 0 Å². The summed E-state index contributed by atoms with van der Waals surface area (Å²) in [4.78, 5) is 2.12. The van der Waals surface area contributed by atoms with Gasteiger partial charge in [-0.05, 0) is 45.5 Å². The molecule has 3 heteroatoms. The molecular formula is C13H20ClNO. The first kappa shape index (κ1) is 13.5. The van der Waals surface area contributed by atoms with Crippen LogP contribution in [0.15, 0.2) is 24.3 Å². The van der Waals surface area contributed by atoms with Gasteiger partial charge in [0.2, 0.25) is 0 Å². The third-order valence-corrected chi connectivity index (χ3v) is 2.86. The molecule has 0 heterocycles. The fraction of sp³-hybridized carbons (Fsp3) is 0.538. The summed E-state index contributed by atoms with van der Waals surface area (Å²) < 4.78 is 0. The minimum absolute atomic E-state index is 0.241. The molecule has 0 amide bonds. The lowest BCUT2D eigenvalue weighted by atomic mass is 10.0. The third kappa shape index (κ3) is 4.12. The van der Waals surface area contributed by atoms with Crippen LogP contribution in [0, 0.1) is 0 Å². The van der Waals surface area contributed by atoms with Gasteiger partial charge in [-0.15, -0.1) is 0 Å². The molecule has 0 aliphatic heterocycles. The maximum atomic E-state index is 9.77. The van der Waals surface area contributed by atoms with Crippen LogP contribution in [-0.4, -0.2) is 29.2 Å². The number of aliphatic hydroxyl groups is 1. The topological polar surface area (TPSA) is 23.5 Å². The fourth-order valence-electron chi connectivity index (χ4n) is 1.77. The van der Waals surface area contributed by atoms with Crippen LogP contribution in [0.1, 0.15) is 32.4 Å². The molecule has 16 heavy (non-hydrogen) atoms. The van der Waals surface area contributed by atoms with E-state index in [0.717, 1.165) is 5.02 Å². The monoisotopic (exact) mass is 241 g/mol. The Morgan fingerprint density at radius 1 is 1.44 bits per heavy atom. The van der Waals surface area contributed by atoms with Crippen molar-refractivity contribution in [3.05, 3.63) is 34.9 Å². The predicted molar refractivity (Wildman–Crippen MR) is 68.8 cm³/mol. The van der Waals surface area contributed by atoms with E-state index in [0.29, 0.717) is 6.54 Å². The van der Waals surface area contributed by atoms with E-state index in [9.17, 15) is 5.11 Å². The van der Waals surface area contributed by atoms with E-state index in [1.54, 1.807) is 0 Å². The van der Waals surface area contributed by atoms with Crippen LogP contribution in [0.4, 0.5) is 0 Å². The average molecular weight is 242 g/mol. The maximum Gasteiger partial charge on any atom is 0.0718 e. The minimum Gasteiger partial charge on any atom is -0.389 e. The molecule has 0 spiro atoms. The standard InChI is InChI=1S/C13H20ClNO/c1-10(15(4)9-13(2,3)16)11-6-5-7-12(14)8-11/h5-8,10,16H,9H2,1-4H3. The highest BCUT2D eigenvalue weighted by atomic mass is 35.5. The van der Waals surface area contributed by atoms with Gasteiger partial charge in [0.05, 0.1) is 5.60 Å². The molecular weight excluding hydrogens is 222 g/mol. The number of rotatable bonds is 4. The molecule has 0 aromatic heterocycles. The Kier molecular flexibility index (Phi) is 4.36. The summed E-state index contributed by atoms with van der Waals surface area (Å²) in [6, 6.07) is 8.08. The Labute approximate surface area is 103 Å². The Bertz CT molecular complexity index is 346. The van der Waals surface area contributed by atoms with Gasteiger partial charge in [0.1, 0.15) is 0 Å². The van der Waals surface area contributed by atoms with Crippen molar-refractivity contribution in [1.29, 1.82) is 0 Å². The van der Waals surface area contributed by atoms with Crippen LogP contribution >= 0.6 is 11.6 Å². The van der Waals surface area contributed by atoms with Gasteiger partial charge in [-0.1, -0.05) is 23.7 Å². The minimum atomic E-state index is -0.679. The van der Waals surface area contributed by atoms with Gasteiger partial charge in [-0.25, -0.2) is 0 Å². The second kappa shape index (κ2) is 5.17. The van der Waals surface area contributed by atoms with E-state index in [1.807, 2.05) is 39.1 Å². The van der Waals surface area contributed by atoms with Crippen molar-refractivity contribution in [2.24, 2.45) is 0 Å². The molecule has 1 unspecified atom stereocenters. The smallest absolute Gasteiger partial charge is 0.0718 e. The summed E-state index contributed by atoms with van der Waals surface area (Å²) in [5.74, 6) is 0. The molecule has 2 nitrogen and oxygen atoms in total. The van der Waals surface area contributed by atoms with Crippen molar-refractivity contribution < 1.29 is 5.11 Å². The molecule has 0 aliphatic carbocycles. The number of nitrogens with zero attached hydrogens (tertiary/aromatic N) is 1. The van der Waals surface area contributed by atoms with E-state index in [2.05, 4.69) is 17.9 Å². The molecule has 1 aromatic rings. The van der Waals surface area contributed by atoms with E-state index in [-0.39, 0.29) is 6.04 Å². The van der Waals surface area contributed by atoms with Gasteiger partial charge in [-0.3, -0.25) is 4.90 Å². The van der Waals surface area contributed by atoms with Gasteiger partial charge in [0.25, 0.3) is 0 Å². The Morgan fingerprint density at radius 2 is 2.06 bits per heavy atom. The number of hydrogen-bond donors (Lipinski definition) is 1. The third-order valence-electron chi connectivity index (χ3n) is 2.63. The van der Waals surface area contributed by atoms with Crippen molar-refractivity contribution in [2.75, 3.05) is 13.6 Å². The molecule has 1 rings (SSSR count). The van der Waals surface area contributed by atoms with Crippen LogP contribution in [0.5, 0.6) is 0 Å². The van der Waals surface area contributed by atoms with Crippen LogP contribution in [0.25, 0.3) is 0 Å². The molecule has 1 aromatic carbocycles. The van der Waals surface area contributed by atoms with Gasteiger partial charge >= 0.3 is 0 Å². The lowest BCUT2D eigenvalue weighted by Crippen LogP contribution is -2.37. The van der Waals surface area contributed by atoms with Crippen molar-refractivity contribution in [1.82, 2.24) is 4.90 Å². The molecule has 1 N–H and O–H groups in total. The SMILES string of the molecule is CC(c1cccc(Cl)c1)N(C)CC(C)(C)O. The van der Waals surface area contributed by atoms with E-state index < -0.39 is 5.60 Å². The Balaban J connectivity index is 2.74. The van der Waals surface area contributed by atoms with E-state index >= 15 is 0 Å². The highest BCUT2D eigenvalue weighted by Gasteiger charge is 2.20. The highest BCUT2D eigenvalue weighted by Crippen LogP contribution is 2.23.